The maximum absolute atomic E-state index is 12.9. The van der Waals surface area contributed by atoms with E-state index in [1.807, 2.05) is 0 Å². The number of aromatic nitrogens is 2. The van der Waals surface area contributed by atoms with E-state index in [1.165, 1.54) is 23.9 Å². The Bertz CT molecular complexity index is 1230. The van der Waals surface area contributed by atoms with E-state index in [-0.39, 0.29) is 30.3 Å². The molecule has 12 heteroatoms. The second-order valence-corrected chi connectivity index (χ2v) is 9.13. The molecule has 2 unspecified atom stereocenters. The first-order valence-electron chi connectivity index (χ1n) is 10.3. The van der Waals surface area contributed by atoms with Crippen LogP contribution in [0.5, 0.6) is 5.75 Å². The van der Waals surface area contributed by atoms with Crippen molar-refractivity contribution in [3.05, 3.63) is 69.2 Å². The van der Waals surface area contributed by atoms with Crippen molar-refractivity contribution in [1.29, 1.82) is 0 Å². The lowest BCUT2D eigenvalue weighted by Gasteiger charge is -2.18. The molecule has 4 rings (SSSR count). The highest BCUT2D eigenvalue weighted by atomic mass is 35.5. The summed E-state index contributed by atoms with van der Waals surface area (Å²) in [6, 6.07) is 9.64. The molecule has 2 heterocycles. The molecule has 0 aliphatic carbocycles. The number of halogens is 4. The summed E-state index contributed by atoms with van der Waals surface area (Å²) >= 11 is 7.72. The summed E-state index contributed by atoms with van der Waals surface area (Å²) in [6.45, 7) is 0.284. The number of thioether (sulfide) groups is 1. The van der Waals surface area contributed by atoms with Crippen LogP contribution in [0.25, 0.3) is 11.4 Å². The largest absolute Gasteiger partial charge is 0.492 e. The zero-order valence-electron chi connectivity index (χ0n) is 17.5. The zero-order chi connectivity index (χ0) is 24.3. The summed E-state index contributed by atoms with van der Waals surface area (Å²) in [4.78, 5) is 18.3. The van der Waals surface area contributed by atoms with Crippen LogP contribution in [0.1, 0.15) is 24.0 Å². The summed E-state index contributed by atoms with van der Waals surface area (Å²) < 4.78 is 49.0. The fraction of sp³-hybridized carbons (Fsp3) is 0.318. The number of nitrogens with one attached hydrogen (secondary N) is 1. The van der Waals surface area contributed by atoms with E-state index >= 15 is 0 Å². The van der Waals surface area contributed by atoms with Gasteiger partial charge in [-0.15, -0.1) is 0 Å². The molecule has 2 aromatic carbocycles. The number of alkyl halides is 3. The Kier molecular flexibility index (Phi) is 7.34. The minimum absolute atomic E-state index is 0.0150. The second-order valence-electron chi connectivity index (χ2n) is 7.50. The van der Waals surface area contributed by atoms with Gasteiger partial charge < -0.3 is 9.84 Å². The molecule has 0 saturated heterocycles. The molecule has 0 amide bonds. The van der Waals surface area contributed by atoms with Gasteiger partial charge in [0.05, 0.1) is 26.9 Å². The van der Waals surface area contributed by atoms with E-state index < -0.39 is 17.5 Å². The third-order valence-electron chi connectivity index (χ3n) is 5.14. The number of hydrogen-bond donors (Lipinski definition) is 2. The number of aliphatic imine (C=N–C) groups is 1. The molecule has 34 heavy (non-hydrogen) atoms. The van der Waals surface area contributed by atoms with E-state index in [0.717, 1.165) is 12.1 Å². The van der Waals surface area contributed by atoms with Crippen molar-refractivity contribution in [2.45, 2.75) is 30.3 Å². The SMILES string of the molecule is O=c1[nH]c(-c2ccc(OCC3SC(c4ccc(C(F)(F)F)cc4)=NC3CCCO)cc2Cl)no1. The van der Waals surface area contributed by atoms with E-state index in [2.05, 4.69) is 19.7 Å². The Morgan fingerprint density at radius 3 is 2.59 bits per heavy atom. The van der Waals surface area contributed by atoms with Crippen molar-refractivity contribution in [2.75, 3.05) is 13.2 Å². The summed E-state index contributed by atoms with van der Waals surface area (Å²) in [5, 5.41) is 13.7. The van der Waals surface area contributed by atoms with Crippen LogP contribution in [0.15, 0.2) is 56.8 Å². The number of ether oxygens (including phenoxy) is 1. The molecule has 3 aromatic rings. The first-order valence-corrected chi connectivity index (χ1v) is 11.5. The highest BCUT2D eigenvalue weighted by Gasteiger charge is 2.33. The molecule has 0 radical (unpaired) electrons. The minimum atomic E-state index is -4.40. The maximum atomic E-state index is 12.9. The minimum Gasteiger partial charge on any atom is -0.492 e. The zero-order valence-corrected chi connectivity index (χ0v) is 19.1. The third kappa shape index (κ3) is 5.65. The lowest BCUT2D eigenvalue weighted by molar-refractivity contribution is -0.137. The average molecular weight is 514 g/mol. The monoisotopic (exact) mass is 513 g/mol. The van der Waals surface area contributed by atoms with Crippen LogP contribution >= 0.6 is 23.4 Å². The summed E-state index contributed by atoms with van der Waals surface area (Å²) in [7, 11) is 0. The smallest absolute Gasteiger partial charge is 0.439 e. The standard InChI is InChI=1S/C22H19ClF3N3O4S/c23-16-10-14(7-8-15(16)19-28-21(31)33-29-19)32-11-18-17(2-1-9-30)27-20(34-18)12-3-5-13(6-4-12)22(24,25)26/h3-8,10,17-18,30H,1-2,9,11H2,(H,28,29,31). The van der Waals surface area contributed by atoms with Crippen molar-refractivity contribution in [3.63, 3.8) is 0 Å². The molecule has 0 fully saturated rings. The Morgan fingerprint density at radius 2 is 1.97 bits per heavy atom. The highest BCUT2D eigenvalue weighted by Crippen LogP contribution is 2.36. The van der Waals surface area contributed by atoms with Crippen molar-refractivity contribution >= 4 is 28.4 Å². The van der Waals surface area contributed by atoms with Gasteiger partial charge in [0.25, 0.3) is 0 Å². The van der Waals surface area contributed by atoms with Crippen molar-refractivity contribution in [1.82, 2.24) is 10.1 Å². The van der Waals surface area contributed by atoms with E-state index in [9.17, 15) is 23.1 Å². The number of aromatic amines is 1. The number of benzene rings is 2. The molecule has 0 spiro atoms. The van der Waals surface area contributed by atoms with Gasteiger partial charge in [0.2, 0.25) is 0 Å². The van der Waals surface area contributed by atoms with Gasteiger partial charge in [-0.1, -0.05) is 40.7 Å². The quantitative estimate of drug-likeness (QED) is 0.449. The van der Waals surface area contributed by atoms with Gasteiger partial charge in [-0.3, -0.25) is 14.5 Å². The summed E-state index contributed by atoms with van der Waals surface area (Å²) in [5.74, 6) is -0.00180. The molecule has 2 N–H and O–H groups in total. The summed E-state index contributed by atoms with van der Waals surface area (Å²) in [5.41, 5.74) is 0.360. The molecule has 2 atom stereocenters. The molecule has 7 nitrogen and oxygen atoms in total. The van der Waals surface area contributed by atoms with Crippen LogP contribution in [0, 0.1) is 0 Å². The van der Waals surface area contributed by atoms with E-state index in [4.69, 9.17) is 16.3 Å². The lowest BCUT2D eigenvalue weighted by atomic mass is 10.1. The number of aliphatic hydroxyl groups excluding tert-OH is 1. The van der Waals surface area contributed by atoms with Crippen LogP contribution in [-0.4, -0.2) is 44.8 Å². The first-order chi connectivity index (χ1) is 16.2. The van der Waals surface area contributed by atoms with Crippen LogP contribution in [0.2, 0.25) is 5.02 Å². The Labute approximate surface area is 201 Å². The highest BCUT2D eigenvalue weighted by molar-refractivity contribution is 8.15. The van der Waals surface area contributed by atoms with Gasteiger partial charge in [0.1, 0.15) is 12.4 Å². The topological polar surface area (TPSA) is 101 Å². The van der Waals surface area contributed by atoms with E-state index in [1.54, 1.807) is 18.2 Å². The van der Waals surface area contributed by atoms with Crippen LogP contribution in [0.4, 0.5) is 13.2 Å². The Balaban J connectivity index is 1.45. The Morgan fingerprint density at radius 1 is 1.21 bits per heavy atom. The van der Waals surface area contributed by atoms with Gasteiger partial charge >= 0.3 is 11.9 Å². The molecule has 0 saturated carbocycles. The van der Waals surface area contributed by atoms with Crippen molar-refractivity contribution in [2.24, 2.45) is 4.99 Å². The van der Waals surface area contributed by atoms with Crippen LogP contribution in [0.3, 0.4) is 0 Å². The predicted octanol–water partition coefficient (Wildman–Crippen LogP) is 4.78. The fourth-order valence-corrected chi connectivity index (χ4v) is 4.93. The number of nitrogens with zero attached hydrogens (tertiary/aromatic N) is 2. The lowest BCUT2D eigenvalue weighted by Crippen LogP contribution is -2.25. The van der Waals surface area contributed by atoms with Crippen LogP contribution in [-0.2, 0) is 6.18 Å². The number of aliphatic hydroxyl groups is 1. The molecular weight excluding hydrogens is 495 g/mol. The summed E-state index contributed by atoms with van der Waals surface area (Å²) in [6.07, 6.45) is -3.24. The third-order valence-corrected chi connectivity index (χ3v) is 6.77. The fourth-order valence-electron chi connectivity index (χ4n) is 3.43. The average Bonchev–Trinajstić information content (AvgIpc) is 3.42. The first kappa shape index (κ1) is 24.4. The molecule has 0 bridgehead atoms. The molecule has 180 valence electrons. The van der Waals surface area contributed by atoms with Crippen molar-refractivity contribution in [3.8, 4) is 17.1 Å². The van der Waals surface area contributed by atoms with Gasteiger partial charge in [-0.25, -0.2) is 4.79 Å². The Hall–Kier alpha value is -2.76. The second kappa shape index (κ2) is 10.2. The number of rotatable bonds is 8. The van der Waals surface area contributed by atoms with Gasteiger partial charge in [0.15, 0.2) is 5.82 Å². The number of H-pyrrole nitrogens is 1. The van der Waals surface area contributed by atoms with Crippen LogP contribution < -0.4 is 10.5 Å². The molecule has 1 aliphatic heterocycles. The molecular formula is C22H19ClF3N3O4S. The van der Waals surface area contributed by atoms with Gasteiger partial charge in [-0.05, 0) is 43.2 Å². The van der Waals surface area contributed by atoms with Crippen molar-refractivity contribution < 1.29 is 27.5 Å². The van der Waals surface area contributed by atoms with E-state index in [0.29, 0.717) is 39.8 Å². The normalized spacial score (nSPS) is 18.2. The van der Waals surface area contributed by atoms with Gasteiger partial charge in [0, 0.05) is 17.7 Å². The molecule has 1 aliphatic rings. The predicted molar refractivity (Wildman–Crippen MR) is 123 cm³/mol. The molecule has 1 aromatic heterocycles. The van der Waals surface area contributed by atoms with Gasteiger partial charge in [-0.2, -0.15) is 13.2 Å². The number of hydrogen-bond acceptors (Lipinski definition) is 7. The maximum Gasteiger partial charge on any atom is 0.439 e.